The van der Waals surface area contributed by atoms with Crippen LogP contribution < -0.4 is 29.1 Å². The Morgan fingerprint density at radius 1 is 1.16 bits per heavy atom. The summed E-state index contributed by atoms with van der Waals surface area (Å²) in [6, 6.07) is 16.5. The average Bonchev–Trinajstić information content (AvgIpc) is 3.33. The Kier molecular flexibility index (Phi) is 10.2. The van der Waals surface area contributed by atoms with E-state index < -0.39 is 12.0 Å². The second-order valence-corrected chi connectivity index (χ2v) is 12.1. The van der Waals surface area contributed by atoms with Crippen LogP contribution in [-0.2, 0) is 16.1 Å². The van der Waals surface area contributed by atoms with Crippen LogP contribution in [0.4, 0.5) is 4.39 Å². The number of rotatable bonds is 11. The predicted molar refractivity (Wildman–Crippen MR) is 179 cm³/mol. The van der Waals surface area contributed by atoms with Crippen LogP contribution in [0.5, 0.6) is 17.2 Å². The van der Waals surface area contributed by atoms with Gasteiger partial charge < -0.3 is 18.9 Å². The molecule has 4 aromatic rings. The standard InChI is InChI=1S/C34H30FIN2O6S/c1-5-15-43-24-13-11-22(12-14-24)30-29(33(40)42-6-2)20(3)37-34-38(30)32(39)28(45-34)18-21-16-26(36)31(27(17-21)41-4)44-19-23-9-7-8-10-25(23)35/h5,7-14,16-18,30H,1,6,15,19H2,2-4H3/b28-18-/t30-/m1/s1. The molecule has 0 radical (unpaired) electrons. The molecule has 0 aliphatic carbocycles. The van der Waals surface area contributed by atoms with E-state index in [9.17, 15) is 14.0 Å². The highest BCUT2D eigenvalue weighted by Gasteiger charge is 2.33. The fourth-order valence-electron chi connectivity index (χ4n) is 4.89. The number of hydrogen-bond acceptors (Lipinski definition) is 8. The van der Waals surface area contributed by atoms with Gasteiger partial charge in [-0.1, -0.05) is 54.3 Å². The number of carbonyl (C=O) groups excluding carboxylic acids is 1. The number of thiazole rings is 1. The van der Waals surface area contributed by atoms with Crippen molar-refractivity contribution < 1.29 is 28.1 Å². The summed E-state index contributed by atoms with van der Waals surface area (Å²) >= 11 is 3.35. The lowest BCUT2D eigenvalue weighted by atomic mass is 9.96. The van der Waals surface area contributed by atoms with E-state index in [1.807, 2.05) is 18.2 Å². The number of halogens is 2. The fraction of sp³-hybridized carbons (Fsp3) is 0.206. The van der Waals surface area contributed by atoms with E-state index in [-0.39, 0.29) is 24.6 Å². The molecule has 0 saturated heterocycles. The van der Waals surface area contributed by atoms with Crippen molar-refractivity contribution in [3.05, 3.63) is 130 Å². The molecule has 1 aromatic heterocycles. The molecular formula is C34H30FIN2O6S. The van der Waals surface area contributed by atoms with Gasteiger partial charge in [0.1, 0.15) is 24.8 Å². The zero-order chi connectivity index (χ0) is 32.1. The maximum atomic E-state index is 14.2. The molecule has 0 saturated carbocycles. The van der Waals surface area contributed by atoms with Crippen molar-refractivity contribution in [1.82, 2.24) is 4.57 Å². The summed E-state index contributed by atoms with van der Waals surface area (Å²) in [5.74, 6) is 0.657. The molecule has 1 aliphatic rings. The molecule has 1 atom stereocenters. The highest BCUT2D eigenvalue weighted by Crippen LogP contribution is 2.35. The molecule has 5 rings (SSSR count). The van der Waals surface area contributed by atoms with E-state index >= 15 is 0 Å². The minimum Gasteiger partial charge on any atom is -0.493 e. The van der Waals surface area contributed by atoms with Gasteiger partial charge in [-0.05, 0) is 84.0 Å². The molecule has 0 fully saturated rings. The molecule has 8 nitrogen and oxygen atoms in total. The number of nitrogens with zero attached hydrogens (tertiary/aromatic N) is 2. The minimum absolute atomic E-state index is 0.0283. The SMILES string of the molecule is C=CCOc1ccc([C@@H]2C(C(=O)OCC)=C(C)N=c3s/c(=C\c4cc(I)c(OCc5ccccc5F)c(OC)c4)c(=O)n32)cc1. The zero-order valence-electron chi connectivity index (χ0n) is 24.8. The molecular weight excluding hydrogens is 710 g/mol. The third-order valence-electron chi connectivity index (χ3n) is 6.96. The Morgan fingerprint density at radius 3 is 2.60 bits per heavy atom. The highest BCUT2D eigenvalue weighted by molar-refractivity contribution is 14.1. The molecule has 0 unspecified atom stereocenters. The molecule has 232 valence electrons. The van der Waals surface area contributed by atoms with E-state index in [0.29, 0.717) is 61.1 Å². The lowest BCUT2D eigenvalue weighted by molar-refractivity contribution is -0.139. The third kappa shape index (κ3) is 6.89. The molecule has 0 N–H and O–H groups in total. The maximum absolute atomic E-state index is 14.2. The summed E-state index contributed by atoms with van der Waals surface area (Å²) in [5.41, 5.74) is 2.29. The van der Waals surface area contributed by atoms with Crippen molar-refractivity contribution in [3.8, 4) is 17.2 Å². The molecule has 0 amide bonds. The number of methoxy groups -OCH3 is 1. The number of ether oxygens (including phenoxy) is 4. The largest absolute Gasteiger partial charge is 0.493 e. The van der Waals surface area contributed by atoms with Crippen molar-refractivity contribution >= 4 is 46.0 Å². The summed E-state index contributed by atoms with van der Waals surface area (Å²) in [6.45, 7) is 7.71. The fourth-order valence-corrected chi connectivity index (χ4v) is 6.72. The maximum Gasteiger partial charge on any atom is 0.338 e. The van der Waals surface area contributed by atoms with Crippen LogP contribution in [0.25, 0.3) is 6.08 Å². The van der Waals surface area contributed by atoms with Crippen LogP contribution in [0.1, 0.15) is 36.6 Å². The topological polar surface area (TPSA) is 88.4 Å². The average molecular weight is 741 g/mol. The van der Waals surface area contributed by atoms with E-state index in [1.54, 1.807) is 62.4 Å². The Bertz CT molecular complexity index is 1970. The summed E-state index contributed by atoms with van der Waals surface area (Å²) in [6.07, 6.45) is 3.40. The van der Waals surface area contributed by atoms with Gasteiger partial charge in [0, 0.05) is 5.56 Å². The smallest absolute Gasteiger partial charge is 0.338 e. The van der Waals surface area contributed by atoms with E-state index in [1.165, 1.54) is 29.1 Å². The van der Waals surface area contributed by atoms with Gasteiger partial charge in [-0.3, -0.25) is 9.36 Å². The summed E-state index contributed by atoms with van der Waals surface area (Å²) in [4.78, 5) is 32.3. The first-order valence-electron chi connectivity index (χ1n) is 14.0. The van der Waals surface area contributed by atoms with E-state index in [0.717, 1.165) is 3.57 Å². The number of carbonyl (C=O) groups is 1. The van der Waals surface area contributed by atoms with Gasteiger partial charge in [0.15, 0.2) is 16.3 Å². The van der Waals surface area contributed by atoms with Crippen molar-refractivity contribution in [1.29, 1.82) is 0 Å². The van der Waals surface area contributed by atoms with Gasteiger partial charge in [-0.15, -0.1) is 0 Å². The minimum atomic E-state index is -0.750. The van der Waals surface area contributed by atoms with Crippen LogP contribution in [0.2, 0.25) is 0 Å². The number of aromatic nitrogens is 1. The summed E-state index contributed by atoms with van der Waals surface area (Å²) in [7, 11) is 1.52. The third-order valence-corrected chi connectivity index (χ3v) is 8.74. The van der Waals surface area contributed by atoms with Crippen LogP contribution in [0.15, 0.2) is 94.4 Å². The summed E-state index contributed by atoms with van der Waals surface area (Å²) < 4.78 is 39.4. The van der Waals surface area contributed by atoms with Crippen LogP contribution >= 0.6 is 33.9 Å². The predicted octanol–water partition coefficient (Wildman–Crippen LogP) is 5.69. The van der Waals surface area contributed by atoms with Crippen LogP contribution in [0, 0.1) is 9.39 Å². The Balaban J connectivity index is 1.56. The molecule has 0 spiro atoms. The quantitative estimate of drug-likeness (QED) is 0.112. The van der Waals surface area contributed by atoms with E-state index in [2.05, 4.69) is 34.2 Å². The number of esters is 1. The second-order valence-electron chi connectivity index (χ2n) is 9.89. The molecule has 1 aliphatic heterocycles. The molecule has 0 bridgehead atoms. The van der Waals surface area contributed by atoms with Gasteiger partial charge in [0.25, 0.3) is 5.56 Å². The van der Waals surface area contributed by atoms with Gasteiger partial charge in [-0.25, -0.2) is 14.2 Å². The first-order chi connectivity index (χ1) is 21.7. The van der Waals surface area contributed by atoms with E-state index in [4.69, 9.17) is 18.9 Å². The monoisotopic (exact) mass is 740 g/mol. The number of allylic oxidation sites excluding steroid dienone is 1. The zero-order valence-corrected chi connectivity index (χ0v) is 27.8. The Hall–Kier alpha value is -4.23. The van der Waals surface area contributed by atoms with Crippen molar-refractivity contribution in [2.75, 3.05) is 20.3 Å². The van der Waals surface area contributed by atoms with Crippen molar-refractivity contribution in [3.63, 3.8) is 0 Å². The number of hydrogen-bond donors (Lipinski definition) is 0. The molecule has 11 heteroatoms. The Labute approximate surface area is 276 Å². The van der Waals surface area contributed by atoms with Crippen molar-refractivity contribution in [2.45, 2.75) is 26.5 Å². The van der Waals surface area contributed by atoms with Gasteiger partial charge in [0.2, 0.25) is 0 Å². The normalized spacial score (nSPS) is 14.4. The molecule has 45 heavy (non-hydrogen) atoms. The highest BCUT2D eigenvalue weighted by atomic mass is 127. The number of benzene rings is 3. The van der Waals surface area contributed by atoms with Gasteiger partial charge >= 0.3 is 5.97 Å². The first-order valence-corrected chi connectivity index (χ1v) is 15.9. The van der Waals surface area contributed by atoms with Crippen LogP contribution in [0.3, 0.4) is 0 Å². The van der Waals surface area contributed by atoms with Crippen LogP contribution in [-0.4, -0.2) is 30.9 Å². The molecule has 2 heterocycles. The second kappa shape index (κ2) is 14.2. The molecule has 3 aromatic carbocycles. The lowest BCUT2D eigenvalue weighted by Crippen LogP contribution is -2.39. The Morgan fingerprint density at radius 2 is 1.91 bits per heavy atom. The van der Waals surface area contributed by atoms with Gasteiger partial charge in [-0.2, -0.15) is 0 Å². The number of fused-ring (bicyclic) bond motifs is 1. The van der Waals surface area contributed by atoms with Crippen molar-refractivity contribution in [2.24, 2.45) is 4.99 Å². The van der Waals surface area contributed by atoms with Gasteiger partial charge in [0.05, 0.1) is 39.1 Å². The first kappa shape index (κ1) is 32.2. The summed E-state index contributed by atoms with van der Waals surface area (Å²) in [5, 5.41) is 0. The lowest BCUT2D eigenvalue weighted by Gasteiger charge is -2.24.